The molecule has 11 nitrogen and oxygen atoms in total. The highest BCUT2D eigenvalue weighted by Crippen LogP contribution is 2.39. The molecule has 12 heteroatoms. The Kier molecular flexibility index (Phi) is 5.44. The average molecular weight is 528 g/mol. The van der Waals surface area contributed by atoms with Crippen molar-refractivity contribution in [2.45, 2.75) is 31.3 Å². The third kappa shape index (κ3) is 4.04. The van der Waals surface area contributed by atoms with Gasteiger partial charge < -0.3 is 25.3 Å². The lowest BCUT2D eigenvalue weighted by Crippen LogP contribution is -2.37. The summed E-state index contributed by atoms with van der Waals surface area (Å²) in [6.07, 6.45) is 2.41. The van der Waals surface area contributed by atoms with Crippen LogP contribution < -0.4 is 16.0 Å². The van der Waals surface area contributed by atoms with E-state index >= 15 is 4.39 Å². The quantitative estimate of drug-likeness (QED) is 0.356. The molecule has 0 saturated carbocycles. The number of ether oxygens (including phenoxy) is 1. The van der Waals surface area contributed by atoms with Gasteiger partial charge in [-0.15, -0.1) is 0 Å². The van der Waals surface area contributed by atoms with Crippen molar-refractivity contribution in [3.05, 3.63) is 55.1 Å². The Morgan fingerprint density at radius 2 is 2.03 bits per heavy atom. The van der Waals surface area contributed by atoms with Crippen LogP contribution in [0.25, 0.3) is 33.2 Å². The van der Waals surface area contributed by atoms with Crippen molar-refractivity contribution in [1.29, 1.82) is 0 Å². The molecule has 4 aromatic heterocycles. The smallest absolute Gasteiger partial charge is 0.253 e. The second kappa shape index (κ2) is 9.02. The average Bonchev–Trinajstić information content (AvgIpc) is 3.60. The number of nitrogen functional groups attached to an aromatic ring is 1. The van der Waals surface area contributed by atoms with Crippen LogP contribution in [0.5, 0.6) is 0 Å². The minimum Gasteiger partial charge on any atom is -0.383 e. The number of benzene rings is 1. The molecule has 198 valence electrons. The molecule has 2 aliphatic heterocycles. The monoisotopic (exact) mass is 527 g/mol. The number of carbonyl (C=O) groups is 1. The summed E-state index contributed by atoms with van der Waals surface area (Å²) < 4.78 is 24.6. The molecular formula is C27H26FN9O2. The first-order valence-electron chi connectivity index (χ1n) is 12.8. The molecule has 1 aromatic carbocycles. The Morgan fingerprint density at radius 3 is 2.79 bits per heavy atom. The predicted molar refractivity (Wildman–Crippen MR) is 145 cm³/mol. The second-order valence-corrected chi connectivity index (χ2v) is 9.96. The van der Waals surface area contributed by atoms with Crippen molar-refractivity contribution in [3.63, 3.8) is 0 Å². The van der Waals surface area contributed by atoms with E-state index in [2.05, 4.69) is 25.3 Å². The fraction of sp³-hybridized carbons (Fsp3) is 0.296. The Labute approximate surface area is 222 Å². The maximum absolute atomic E-state index is 15.4. The van der Waals surface area contributed by atoms with Crippen molar-refractivity contribution in [3.8, 4) is 11.3 Å². The molecule has 6 heterocycles. The fourth-order valence-electron chi connectivity index (χ4n) is 5.22. The van der Waals surface area contributed by atoms with Crippen molar-refractivity contribution in [2.75, 3.05) is 29.0 Å². The third-order valence-corrected chi connectivity index (χ3v) is 7.37. The fourth-order valence-corrected chi connectivity index (χ4v) is 5.22. The third-order valence-electron chi connectivity index (χ3n) is 7.37. The van der Waals surface area contributed by atoms with Gasteiger partial charge in [-0.2, -0.15) is 5.10 Å². The first-order valence-corrected chi connectivity index (χ1v) is 12.8. The molecule has 0 bridgehead atoms. The molecule has 0 radical (unpaired) electrons. The van der Waals surface area contributed by atoms with Crippen LogP contribution in [0, 0.1) is 0 Å². The zero-order chi connectivity index (χ0) is 26.7. The van der Waals surface area contributed by atoms with Gasteiger partial charge in [0.1, 0.15) is 35.9 Å². The summed E-state index contributed by atoms with van der Waals surface area (Å²) in [6.45, 7) is 2.00. The van der Waals surface area contributed by atoms with Crippen LogP contribution in [-0.4, -0.2) is 60.6 Å². The molecule has 2 fully saturated rings. The van der Waals surface area contributed by atoms with Gasteiger partial charge in [-0.3, -0.25) is 9.48 Å². The number of alkyl halides is 1. The predicted octanol–water partition coefficient (Wildman–Crippen LogP) is 3.44. The number of amides is 1. The number of carbonyl (C=O) groups excluding carboxylic acids is 1. The molecule has 2 saturated heterocycles. The second-order valence-electron chi connectivity index (χ2n) is 9.96. The summed E-state index contributed by atoms with van der Waals surface area (Å²) in [4.78, 5) is 28.6. The lowest BCUT2D eigenvalue weighted by Gasteiger charge is -2.32. The molecular weight excluding hydrogens is 501 g/mol. The van der Waals surface area contributed by atoms with Crippen LogP contribution in [0.4, 0.5) is 21.7 Å². The van der Waals surface area contributed by atoms with Gasteiger partial charge in [-0.25, -0.2) is 19.3 Å². The van der Waals surface area contributed by atoms with E-state index in [1.807, 2.05) is 36.4 Å². The van der Waals surface area contributed by atoms with Gasteiger partial charge in [0.25, 0.3) is 5.91 Å². The molecule has 3 atom stereocenters. The summed E-state index contributed by atoms with van der Waals surface area (Å²) in [7, 11) is 1.81. The number of nitrogens with one attached hydrogen (secondary N) is 1. The number of fused-ring (bicyclic) bond motifs is 2. The number of rotatable bonds is 5. The van der Waals surface area contributed by atoms with Crippen LogP contribution in [-0.2, 0) is 16.6 Å². The first kappa shape index (κ1) is 23.5. The van der Waals surface area contributed by atoms with E-state index in [1.165, 1.54) is 6.33 Å². The van der Waals surface area contributed by atoms with Gasteiger partial charge in [0, 0.05) is 55.6 Å². The Morgan fingerprint density at radius 1 is 1.18 bits per heavy atom. The number of hydrogen-bond acceptors (Lipinski definition) is 8. The van der Waals surface area contributed by atoms with Gasteiger partial charge in [0.05, 0.1) is 16.6 Å². The van der Waals surface area contributed by atoms with Crippen LogP contribution in [0.2, 0.25) is 0 Å². The van der Waals surface area contributed by atoms with Gasteiger partial charge in [0.15, 0.2) is 6.23 Å². The van der Waals surface area contributed by atoms with Crippen LogP contribution in [0.15, 0.2) is 55.1 Å². The molecule has 0 spiro atoms. The van der Waals surface area contributed by atoms with Gasteiger partial charge in [-0.05, 0) is 36.8 Å². The molecule has 39 heavy (non-hydrogen) atoms. The highest BCUT2D eigenvalue weighted by Gasteiger charge is 2.41. The van der Waals surface area contributed by atoms with E-state index in [-0.39, 0.29) is 12.2 Å². The van der Waals surface area contributed by atoms with E-state index in [0.717, 1.165) is 36.2 Å². The van der Waals surface area contributed by atoms with E-state index in [1.54, 1.807) is 28.7 Å². The zero-order valence-corrected chi connectivity index (χ0v) is 21.2. The summed E-state index contributed by atoms with van der Waals surface area (Å²) in [6, 6.07) is 11.4. The maximum atomic E-state index is 15.4. The SMILES string of the molecule is Cn1ccc(-c2cn(C3OC(C(=O)Nc4ccc5ccc(N6CCC6)nc5c4)C[C@@H]3F)c3ncnc(N)c23)n1. The molecule has 7 rings (SSSR count). The molecule has 5 aromatic rings. The van der Waals surface area contributed by atoms with E-state index in [0.29, 0.717) is 28.0 Å². The van der Waals surface area contributed by atoms with Crippen LogP contribution in [0.1, 0.15) is 19.1 Å². The highest BCUT2D eigenvalue weighted by atomic mass is 19.1. The minimum atomic E-state index is -1.44. The number of pyridine rings is 1. The van der Waals surface area contributed by atoms with E-state index < -0.39 is 24.4 Å². The van der Waals surface area contributed by atoms with E-state index in [9.17, 15) is 4.79 Å². The molecule has 2 unspecified atom stereocenters. The summed E-state index contributed by atoms with van der Waals surface area (Å²) in [5.74, 6) is 0.756. The van der Waals surface area contributed by atoms with Crippen molar-refractivity contribution in [1.82, 2.24) is 29.3 Å². The zero-order valence-electron chi connectivity index (χ0n) is 21.2. The summed E-state index contributed by atoms with van der Waals surface area (Å²) >= 11 is 0. The number of nitrogens with zero attached hydrogens (tertiary/aromatic N) is 7. The van der Waals surface area contributed by atoms with Crippen molar-refractivity contribution >= 4 is 45.2 Å². The Bertz CT molecular complexity index is 1730. The van der Waals surface area contributed by atoms with Crippen LogP contribution >= 0.6 is 0 Å². The van der Waals surface area contributed by atoms with E-state index in [4.69, 9.17) is 15.5 Å². The molecule has 0 aliphatic carbocycles. The minimum absolute atomic E-state index is 0.0966. The van der Waals surface area contributed by atoms with Crippen LogP contribution in [0.3, 0.4) is 0 Å². The number of anilines is 3. The van der Waals surface area contributed by atoms with Gasteiger partial charge in [0.2, 0.25) is 0 Å². The first-order chi connectivity index (χ1) is 18.9. The van der Waals surface area contributed by atoms with Gasteiger partial charge in [-0.1, -0.05) is 6.07 Å². The Hall–Kier alpha value is -4.58. The largest absolute Gasteiger partial charge is 0.383 e. The van der Waals surface area contributed by atoms with Gasteiger partial charge >= 0.3 is 0 Å². The van der Waals surface area contributed by atoms with Crippen molar-refractivity contribution < 1.29 is 13.9 Å². The summed E-state index contributed by atoms with van der Waals surface area (Å²) in [5, 5.41) is 8.86. The highest BCUT2D eigenvalue weighted by molar-refractivity contribution is 6.00. The Balaban J connectivity index is 1.14. The molecule has 3 N–H and O–H groups in total. The maximum Gasteiger partial charge on any atom is 0.253 e. The number of nitrogens with two attached hydrogens (primary N) is 1. The number of hydrogen-bond donors (Lipinski definition) is 2. The number of aromatic nitrogens is 6. The lowest BCUT2D eigenvalue weighted by atomic mass is 10.1. The topological polar surface area (TPSA) is 129 Å². The summed E-state index contributed by atoms with van der Waals surface area (Å²) in [5.41, 5.74) is 9.26. The number of halogens is 1. The lowest BCUT2D eigenvalue weighted by molar-refractivity contribution is -0.128. The normalized spacial score (nSPS) is 21.0. The van der Waals surface area contributed by atoms with Crippen molar-refractivity contribution in [2.24, 2.45) is 7.05 Å². The molecule has 2 aliphatic rings. The molecule has 1 amide bonds. The number of aryl methyl sites for hydroxylation is 1. The standard InChI is InChI=1S/C27H26FN9O2/c1-35-10-7-19(34-35)17-13-37(25-23(17)24(29)30-14-31-25)27-18(28)12-21(39-27)26(38)32-16-5-3-15-4-6-22(33-20(15)11-16)36-8-2-9-36/h3-7,10-11,13-14,18,21,27H,2,8-9,12H2,1H3,(H,32,38)(H2,29,30,31)/t18-,21?,27?/m0/s1.